The molecule has 0 saturated heterocycles. The first-order valence-corrected chi connectivity index (χ1v) is 7.48. The third-order valence-electron chi connectivity index (χ3n) is 3.47. The van der Waals surface area contributed by atoms with E-state index in [4.69, 9.17) is 9.84 Å². The molecule has 0 saturated carbocycles. The number of halogens is 1. The third kappa shape index (κ3) is 2.90. The molecule has 0 radical (unpaired) electrons. The Morgan fingerprint density at radius 2 is 2.05 bits per heavy atom. The standard InChI is InChI=1S/C15H13BrN2O3/c16-11-6-5-9(15(19)20)7-13(11)21-14-10-3-1-2-4-12(10)17-8-18-14/h5-8H,1-4H2,(H,19,20). The highest BCUT2D eigenvalue weighted by Crippen LogP contribution is 2.33. The molecule has 1 aromatic heterocycles. The molecule has 0 unspecified atom stereocenters. The first kappa shape index (κ1) is 14.0. The van der Waals surface area contributed by atoms with Gasteiger partial charge in [-0.3, -0.25) is 0 Å². The van der Waals surface area contributed by atoms with Gasteiger partial charge in [-0.1, -0.05) is 0 Å². The Balaban J connectivity index is 1.97. The minimum Gasteiger partial charge on any atom is -0.478 e. The van der Waals surface area contributed by atoms with Gasteiger partial charge in [-0.2, -0.15) is 0 Å². The molecule has 1 heterocycles. The molecule has 0 amide bonds. The molecule has 0 bridgehead atoms. The molecular weight excluding hydrogens is 336 g/mol. The number of aromatic nitrogens is 2. The summed E-state index contributed by atoms with van der Waals surface area (Å²) in [4.78, 5) is 19.5. The first-order valence-electron chi connectivity index (χ1n) is 6.68. The van der Waals surface area contributed by atoms with Crippen LogP contribution in [0.25, 0.3) is 0 Å². The number of carbonyl (C=O) groups is 1. The number of carboxylic acids is 1. The summed E-state index contributed by atoms with van der Waals surface area (Å²) in [6.07, 6.45) is 5.54. The fourth-order valence-electron chi connectivity index (χ4n) is 2.40. The minimum absolute atomic E-state index is 0.177. The molecule has 1 N–H and O–H groups in total. The molecule has 5 nitrogen and oxygen atoms in total. The minimum atomic E-state index is -0.989. The summed E-state index contributed by atoms with van der Waals surface area (Å²) in [7, 11) is 0. The summed E-state index contributed by atoms with van der Waals surface area (Å²) >= 11 is 3.37. The van der Waals surface area contributed by atoms with Gasteiger partial charge in [-0.15, -0.1) is 0 Å². The van der Waals surface area contributed by atoms with Crippen LogP contribution in [0, 0.1) is 0 Å². The number of hydrogen-bond acceptors (Lipinski definition) is 4. The highest BCUT2D eigenvalue weighted by Gasteiger charge is 2.18. The van der Waals surface area contributed by atoms with Gasteiger partial charge in [0, 0.05) is 5.56 Å². The van der Waals surface area contributed by atoms with E-state index in [9.17, 15) is 4.79 Å². The number of rotatable bonds is 3. The van der Waals surface area contributed by atoms with Crippen molar-refractivity contribution in [3.63, 3.8) is 0 Å². The largest absolute Gasteiger partial charge is 0.478 e. The van der Waals surface area contributed by atoms with E-state index in [-0.39, 0.29) is 5.56 Å². The van der Waals surface area contributed by atoms with Crippen molar-refractivity contribution in [2.45, 2.75) is 25.7 Å². The second kappa shape index (κ2) is 5.81. The van der Waals surface area contributed by atoms with E-state index < -0.39 is 5.97 Å². The lowest BCUT2D eigenvalue weighted by Gasteiger charge is -2.17. The normalized spacial score (nSPS) is 13.6. The Morgan fingerprint density at radius 1 is 1.24 bits per heavy atom. The molecule has 2 aromatic rings. The Hall–Kier alpha value is -1.95. The van der Waals surface area contributed by atoms with Gasteiger partial charge in [0.25, 0.3) is 0 Å². The summed E-state index contributed by atoms with van der Waals surface area (Å²) in [6.45, 7) is 0. The van der Waals surface area contributed by atoms with Crippen molar-refractivity contribution in [3.05, 3.63) is 45.8 Å². The van der Waals surface area contributed by atoms with Crippen LogP contribution in [0.15, 0.2) is 29.0 Å². The molecular formula is C15H13BrN2O3. The maximum absolute atomic E-state index is 11.1. The van der Waals surface area contributed by atoms with Crippen LogP contribution >= 0.6 is 15.9 Å². The van der Waals surface area contributed by atoms with E-state index in [2.05, 4.69) is 25.9 Å². The van der Waals surface area contributed by atoms with Gasteiger partial charge >= 0.3 is 5.97 Å². The van der Waals surface area contributed by atoms with Gasteiger partial charge in [0.2, 0.25) is 5.88 Å². The van der Waals surface area contributed by atoms with Crippen molar-refractivity contribution >= 4 is 21.9 Å². The fraction of sp³-hybridized carbons (Fsp3) is 0.267. The second-order valence-electron chi connectivity index (χ2n) is 4.86. The summed E-state index contributed by atoms with van der Waals surface area (Å²) in [5, 5.41) is 9.06. The lowest BCUT2D eigenvalue weighted by atomic mass is 9.97. The van der Waals surface area contributed by atoms with Gasteiger partial charge in [0.15, 0.2) is 0 Å². The first-order chi connectivity index (χ1) is 10.1. The fourth-order valence-corrected chi connectivity index (χ4v) is 2.73. The predicted octanol–water partition coefficient (Wildman–Crippen LogP) is 3.61. The van der Waals surface area contributed by atoms with Crippen LogP contribution in [0.4, 0.5) is 0 Å². The monoisotopic (exact) mass is 348 g/mol. The molecule has 3 rings (SSSR count). The molecule has 1 aliphatic carbocycles. The molecule has 1 aliphatic rings. The topological polar surface area (TPSA) is 72.3 Å². The molecule has 108 valence electrons. The van der Waals surface area contributed by atoms with Crippen LogP contribution in [0.3, 0.4) is 0 Å². The van der Waals surface area contributed by atoms with Crippen molar-refractivity contribution in [2.75, 3.05) is 0 Å². The van der Waals surface area contributed by atoms with Gasteiger partial charge in [0.05, 0.1) is 15.7 Å². The molecule has 6 heteroatoms. The molecule has 0 spiro atoms. The van der Waals surface area contributed by atoms with E-state index >= 15 is 0 Å². The highest BCUT2D eigenvalue weighted by atomic mass is 79.9. The number of nitrogens with zero attached hydrogens (tertiary/aromatic N) is 2. The number of hydrogen-bond donors (Lipinski definition) is 1. The van der Waals surface area contributed by atoms with Gasteiger partial charge in [0.1, 0.15) is 12.1 Å². The Kier molecular flexibility index (Phi) is 3.88. The van der Waals surface area contributed by atoms with Crippen molar-refractivity contribution in [1.29, 1.82) is 0 Å². The second-order valence-corrected chi connectivity index (χ2v) is 5.72. The molecule has 1 aromatic carbocycles. The van der Waals surface area contributed by atoms with Crippen molar-refractivity contribution in [1.82, 2.24) is 9.97 Å². The van der Waals surface area contributed by atoms with E-state index in [0.29, 0.717) is 16.1 Å². The number of benzene rings is 1. The van der Waals surface area contributed by atoms with Gasteiger partial charge < -0.3 is 9.84 Å². The van der Waals surface area contributed by atoms with Crippen LogP contribution in [-0.4, -0.2) is 21.0 Å². The number of ether oxygens (including phenoxy) is 1. The highest BCUT2D eigenvalue weighted by molar-refractivity contribution is 9.10. The third-order valence-corrected chi connectivity index (χ3v) is 4.13. The van der Waals surface area contributed by atoms with Crippen molar-refractivity contribution in [2.24, 2.45) is 0 Å². The number of aromatic carboxylic acids is 1. The zero-order chi connectivity index (χ0) is 14.8. The quantitative estimate of drug-likeness (QED) is 0.917. The van der Waals surface area contributed by atoms with Crippen LogP contribution in [0.5, 0.6) is 11.6 Å². The summed E-state index contributed by atoms with van der Waals surface area (Å²) in [5.74, 6) is -0.0265. The predicted molar refractivity (Wildman–Crippen MR) is 79.8 cm³/mol. The maximum Gasteiger partial charge on any atom is 0.335 e. The van der Waals surface area contributed by atoms with Crippen LogP contribution in [0.1, 0.15) is 34.5 Å². The number of aryl methyl sites for hydroxylation is 1. The number of fused-ring (bicyclic) bond motifs is 1. The Labute approximate surface area is 130 Å². The zero-order valence-corrected chi connectivity index (χ0v) is 12.8. The molecule has 0 atom stereocenters. The number of carboxylic acid groups (broad SMARTS) is 1. The Bertz CT molecular complexity index is 703. The van der Waals surface area contributed by atoms with E-state index in [1.807, 2.05) is 0 Å². The van der Waals surface area contributed by atoms with Crippen LogP contribution in [-0.2, 0) is 12.8 Å². The SMILES string of the molecule is O=C(O)c1ccc(Br)c(Oc2ncnc3c2CCCC3)c1. The van der Waals surface area contributed by atoms with E-state index in [1.54, 1.807) is 6.07 Å². The molecule has 0 aliphatic heterocycles. The summed E-state index contributed by atoms with van der Waals surface area (Å²) in [5.41, 5.74) is 2.23. The van der Waals surface area contributed by atoms with E-state index in [0.717, 1.165) is 36.9 Å². The van der Waals surface area contributed by atoms with Crippen LogP contribution < -0.4 is 4.74 Å². The van der Waals surface area contributed by atoms with Gasteiger partial charge in [-0.25, -0.2) is 14.8 Å². The molecule has 21 heavy (non-hydrogen) atoms. The van der Waals surface area contributed by atoms with Gasteiger partial charge in [-0.05, 0) is 59.8 Å². The van der Waals surface area contributed by atoms with Crippen molar-refractivity contribution in [3.8, 4) is 11.6 Å². The molecule has 0 fully saturated rings. The average Bonchev–Trinajstić information content (AvgIpc) is 2.49. The smallest absolute Gasteiger partial charge is 0.335 e. The lowest BCUT2D eigenvalue weighted by molar-refractivity contribution is 0.0696. The maximum atomic E-state index is 11.1. The van der Waals surface area contributed by atoms with Crippen LogP contribution in [0.2, 0.25) is 0 Å². The lowest BCUT2D eigenvalue weighted by Crippen LogP contribution is -2.08. The van der Waals surface area contributed by atoms with Crippen molar-refractivity contribution < 1.29 is 14.6 Å². The average molecular weight is 349 g/mol. The summed E-state index contributed by atoms with van der Waals surface area (Å²) in [6, 6.07) is 4.67. The Morgan fingerprint density at radius 3 is 2.86 bits per heavy atom. The summed E-state index contributed by atoms with van der Waals surface area (Å²) < 4.78 is 6.53. The van der Waals surface area contributed by atoms with E-state index in [1.165, 1.54) is 18.5 Å². The zero-order valence-electron chi connectivity index (χ0n) is 11.2.